The second-order valence-corrected chi connectivity index (χ2v) is 8.70. The molecule has 0 radical (unpaired) electrons. The molecule has 0 unspecified atom stereocenters. The van der Waals surface area contributed by atoms with E-state index < -0.39 is 0 Å². The van der Waals surface area contributed by atoms with Crippen LogP contribution >= 0.6 is 0 Å². The maximum Gasteiger partial charge on any atom is 0.307 e. The molecule has 0 saturated carbocycles. The largest absolute Gasteiger partial charge is 0.466 e. The van der Waals surface area contributed by atoms with Gasteiger partial charge < -0.3 is 24.8 Å². The van der Waals surface area contributed by atoms with E-state index in [9.17, 15) is 4.79 Å². The zero-order valence-corrected chi connectivity index (χ0v) is 22.6. The molecule has 0 aromatic rings. The van der Waals surface area contributed by atoms with Crippen LogP contribution in [0.3, 0.4) is 0 Å². The molecular weight excluding hydrogens is 452 g/mol. The fourth-order valence-corrected chi connectivity index (χ4v) is 4.06. The van der Waals surface area contributed by atoms with Crippen molar-refractivity contribution in [2.75, 3.05) is 105 Å². The molecule has 1 aliphatic heterocycles. The van der Waals surface area contributed by atoms with Gasteiger partial charge in [0.25, 0.3) is 0 Å². The summed E-state index contributed by atoms with van der Waals surface area (Å²) in [7, 11) is 0. The lowest BCUT2D eigenvalue weighted by molar-refractivity contribution is -0.291. The molecule has 0 atom stereocenters. The Bertz CT molecular complexity index is 489. The molecule has 0 aromatic carbocycles. The van der Waals surface area contributed by atoms with E-state index in [-0.39, 0.29) is 5.97 Å². The maximum atomic E-state index is 11.8. The third-order valence-corrected chi connectivity index (χ3v) is 5.86. The maximum absolute atomic E-state index is 11.8. The molecule has 0 spiro atoms. The zero-order chi connectivity index (χ0) is 25.4. The minimum atomic E-state index is -0.109. The molecular formula is C25H52N4O6. The van der Waals surface area contributed by atoms with Crippen LogP contribution in [0.15, 0.2) is 0 Å². The summed E-state index contributed by atoms with van der Waals surface area (Å²) in [5.74, 6) is -0.109. The summed E-state index contributed by atoms with van der Waals surface area (Å²) >= 11 is 0. The van der Waals surface area contributed by atoms with Crippen LogP contribution in [0.25, 0.3) is 0 Å². The second-order valence-electron chi connectivity index (χ2n) is 8.70. The summed E-state index contributed by atoms with van der Waals surface area (Å²) < 4.78 is 5.12. The first-order valence-electron chi connectivity index (χ1n) is 13.7. The van der Waals surface area contributed by atoms with Crippen molar-refractivity contribution in [3.05, 3.63) is 0 Å². The number of carbonyl (C=O) groups excluding carboxylic acids is 1. The second kappa shape index (κ2) is 23.5. The van der Waals surface area contributed by atoms with Crippen molar-refractivity contribution >= 4 is 5.97 Å². The number of esters is 1. The normalized spacial score (nSPS) is 18.4. The summed E-state index contributed by atoms with van der Waals surface area (Å²) in [4.78, 5) is 39.7. The van der Waals surface area contributed by atoms with E-state index in [1.807, 2.05) is 20.8 Å². The van der Waals surface area contributed by atoms with Gasteiger partial charge >= 0.3 is 5.97 Å². The molecule has 0 aliphatic carbocycles. The highest BCUT2D eigenvalue weighted by molar-refractivity contribution is 5.69. The summed E-state index contributed by atoms with van der Waals surface area (Å²) in [6.07, 6.45) is 4.53. The van der Waals surface area contributed by atoms with Crippen LogP contribution in [0.4, 0.5) is 0 Å². The van der Waals surface area contributed by atoms with Crippen LogP contribution in [0, 0.1) is 0 Å². The van der Waals surface area contributed by atoms with Crippen LogP contribution < -0.4 is 5.32 Å². The molecule has 1 saturated heterocycles. The number of rotatable bonds is 16. The molecule has 10 nitrogen and oxygen atoms in total. The summed E-state index contributed by atoms with van der Waals surface area (Å²) in [5.41, 5.74) is 0. The summed E-state index contributed by atoms with van der Waals surface area (Å²) in [6, 6.07) is 0. The van der Waals surface area contributed by atoms with Gasteiger partial charge in [-0.1, -0.05) is 0 Å². The molecule has 1 aliphatic rings. The van der Waals surface area contributed by atoms with Gasteiger partial charge in [-0.05, 0) is 72.6 Å². The molecule has 35 heavy (non-hydrogen) atoms. The molecule has 10 heteroatoms. The standard InChI is InChI=1S/C25H52N4O6/c1-4-31-25(30)11-19-29-16-8-15-28(18-10-24-35-33-6-3)22-21-27(14-7-12-26-13-20-29)17-9-23-34-32-5-2/h26H,4-24H2,1-3H3. The molecule has 1 heterocycles. The lowest BCUT2D eigenvalue weighted by Gasteiger charge is -2.30. The van der Waals surface area contributed by atoms with Gasteiger partial charge in [-0.2, -0.15) is 0 Å². The van der Waals surface area contributed by atoms with E-state index in [2.05, 4.69) is 20.0 Å². The first-order valence-corrected chi connectivity index (χ1v) is 13.7. The molecule has 0 bridgehead atoms. The van der Waals surface area contributed by atoms with Gasteiger partial charge in [-0.25, -0.2) is 19.6 Å². The van der Waals surface area contributed by atoms with Gasteiger partial charge in [-0.15, -0.1) is 0 Å². The van der Waals surface area contributed by atoms with Crippen molar-refractivity contribution in [1.82, 2.24) is 20.0 Å². The Morgan fingerprint density at radius 2 is 1.23 bits per heavy atom. The number of hydrogen-bond acceptors (Lipinski definition) is 10. The van der Waals surface area contributed by atoms with Crippen LogP contribution in [0.5, 0.6) is 0 Å². The van der Waals surface area contributed by atoms with Gasteiger partial charge in [0.15, 0.2) is 0 Å². The average Bonchev–Trinajstić information content (AvgIpc) is 2.85. The summed E-state index contributed by atoms with van der Waals surface area (Å²) in [5, 5.41) is 3.57. The number of hydrogen-bond donors (Lipinski definition) is 1. The highest BCUT2D eigenvalue weighted by Gasteiger charge is 2.13. The molecule has 1 fully saturated rings. The predicted molar refractivity (Wildman–Crippen MR) is 137 cm³/mol. The van der Waals surface area contributed by atoms with Crippen molar-refractivity contribution in [2.45, 2.75) is 52.9 Å². The molecule has 0 amide bonds. The number of carbonyl (C=O) groups is 1. The third kappa shape index (κ3) is 19.0. The first-order chi connectivity index (χ1) is 17.2. The van der Waals surface area contributed by atoms with Crippen molar-refractivity contribution in [3.63, 3.8) is 0 Å². The van der Waals surface area contributed by atoms with Crippen LogP contribution in [-0.4, -0.2) is 126 Å². The van der Waals surface area contributed by atoms with Gasteiger partial charge in [-0.3, -0.25) is 4.79 Å². The van der Waals surface area contributed by atoms with E-state index in [1.165, 1.54) is 0 Å². The highest BCUT2D eigenvalue weighted by Crippen LogP contribution is 2.03. The third-order valence-electron chi connectivity index (χ3n) is 5.86. The average molecular weight is 505 g/mol. The van der Waals surface area contributed by atoms with Crippen LogP contribution in [0.2, 0.25) is 0 Å². The predicted octanol–water partition coefficient (Wildman–Crippen LogP) is 1.95. The monoisotopic (exact) mass is 504 g/mol. The molecule has 1 rings (SSSR count). The number of nitrogens with one attached hydrogen (secondary N) is 1. The number of nitrogens with zero attached hydrogens (tertiary/aromatic N) is 3. The number of ether oxygens (including phenoxy) is 1. The zero-order valence-electron chi connectivity index (χ0n) is 22.6. The van der Waals surface area contributed by atoms with Gasteiger partial charge in [0.1, 0.15) is 0 Å². The highest BCUT2D eigenvalue weighted by atomic mass is 17.2. The topological polar surface area (TPSA) is 85.0 Å². The Morgan fingerprint density at radius 1 is 0.657 bits per heavy atom. The first kappa shape index (κ1) is 32.2. The van der Waals surface area contributed by atoms with E-state index in [0.29, 0.717) is 39.5 Å². The summed E-state index contributed by atoms with van der Waals surface area (Å²) in [6.45, 7) is 19.3. The molecule has 208 valence electrons. The SMILES string of the molecule is CCOOCCCN1CCCNCCN(CCC(=O)OCC)CCCN(CCCOOCC)CC1. The fraction of sp³-hybridized carbons (Fsp3) is 0.960. The van der Waals surface area contributed by atoms with Crippen molar-refractivity contribution in [2.24, 2.45) is 0 Å². The Labute approximate surface area is 213 Å². The van der Waals surface area contributed by atoms with Crippen molar-refractivity contribution in [3.8, 4) is 0 Å². The van der Waals surface area contributed by atoms with Crippen molar-refractivity contribution < 1.29 is 29.1 Å². The van der Waals surface area contributed by atoms with Gasteiger partial charge in [0.2, 0.25) is 0 Å². The lowest BCUT2D eigenvalue weighted by Crippen LogP contribution is -2.41. The van der Waals surface area contributed by atoms with Gasteiger partial charge in [0, 0.05) is 45.8 Å². The van der Waals surface area contributed by atoms with E-state index in [4.69, 9.17) is 24.3 Å². The minimum Gasteiger partial charge on any atom is -0.466 e. The van der Waals surface area contributed by atoms with Crippen LogP contribution in [-0.2, 0) is 29.1 Å². The molecule has 0 aromatic heterocycles. The van der Waals surface area contributed by atoms with E-state index in [0.717, 1.165) is 97.7 Å². The minimum absolute atomic E-state index is 0.109. The Kier molecular flexibility index (Phi) is 21.6. The Balaban J connectivity index is 2.59. The van der Waals surface area contributed by atoms with Gasteiger partial charge in [0.05, 0.1) is 39.5 Å². The Morgan fingerprint density at radius 3 is 1.80 bits per heavy atom. The molecule has 1 N–H and O–H groups in total. The van der Waals surface area contributed by atoms with E-state index >= 15 is 0 Å². The van der Waals surface area contributed by atoms with Crippen LogP contribution in [0.1, 0.15) is 52.9 Å². The van der Waals surface area contributed by atoms with E-state index in [1.54, 1.807) is 0 Å². The fourth-order valence-electron chi connectivity index (χ4n) is 4.06. The Hall–Kier alpha value is -0.850. The quantitative estimate of drug-likeness (QED) is 0.146. The smallest absolute Gasteiger partial charge is 0.307 e. The lowest BCUT2D eigenvalue weighted by atomic mass is 10.2. The van der Waals surface area contributed by atoms with Crippen molar-refractivity contribution in [1.29, 1.82) is 0 Å².